The molecule has 3 N–H and O–H groups in total. The van der Waals surface area contributed by atoms with Crippen molar-refractivity contribution in [2.75, 3.05) is 18.6 Å². The summed E-state index contributed by atoms with van der Waals surface area (Å²) in [4.78, 5) is 58.6. The number of likely N-dealkylation sites (N-methyl/N-ethyl adjacent to an activating group) is 1. The molecule has 218 valence electrons. The number of carbonyl (C=O) groups excluding carboxylic acids is 4. The first-order valence-corrected chi connectivity index (χ1v) is 14.7. The number of aromatic nitrogens is 1. The summed E-state index contributed by atoms with van der Waals surface area (Å²) in [6, 6.07) is 11.7. The zero-order valence-electron chi connectivity index (χ0n) is 23.5. The molecule has 2 amide bonds. The lowest BCUT2D eigenvalue weighted by Gasteiger charge is -2.40. The maximum atomic E-state index is 13.4. The number of nitrogens with one attached hydrogen (secondary N) is 2. The highest BCUT2D eigenvalue weighted by atomic mass is 32.2. The van der Waals surface area contributed by atoms with Crippen LogP contribution in [0, 0.1) is 5.92 Å². The molecule has 1 aromatic heterocycles. The lowest BCUT2D eigenvalue weighted by Crippen LogP contribution is -2.63. The molecule has 2 saturated heterocycles. The summed E-state index contributed by atoms with van der Waals surface area (Å²) in [5.41, 5.74) is 1.47. The van der Waals surface area contributed by atoms with Crippen molar-refractivity contribution in [1.82, 2.24) is 20.5 Å². The minimum Gasteiger partial charge on any atom is -0.497 e. The molecule has 4 rings (SSSR count). The van der Waals surface area contributed by atoms with Crippen LogP contribution in [0.4, 0.5) is 0 Å². The molecular weight excluding hydrogens is 547 g/mol. The number of carbonyl (C=O) groups is 4. The third-order valence-electron chi connectivity index (χ3n) is 7.03. The Kier molecular flexibility index (Phi) is 10.1. The monoisotopic (exact) mass is 582 g/mol. The van der Waals surface area contributed by atoms with Gasteiger partial charge in [0.15, 0.2) is 0 Å². The van der Waals surface area contributed by atoms with Crippen molar-refractivity contribution in [3.63, 3.8) is 0 Å². The molecule has 1 aromatic carbocycles. The number of nitrogens with zero attached hydrogens (tertiary/aromatic N) is 2. The molecule has 2 fully saturated rings. The maximum Gasteiger partial charge on any atom is 0.622 e. The summed E-state index contributed by atoms with van der Waals surface area (Å²) in [5, 5.41) is 15.8. The summed E-state index contributed by atoms with van der Waals surface area (Å²) in [7, 11) is 0.323. The second-order valence-electron chi connectivity index (χ2n) is 10.7. The number of benzene rings is 1. The van der Waals surface area contributed by atoms with Crippen LogP contribution in [0.25, 0.3) is 11.3 Å². The largest absolute Gasteiger partial charge is 0.622 e. The van der Waals surface area contributed by atoms with Gasteiger partial charge < -0.3 is 25.0 Å². The van der Waals surface area contributed by atoms with E-state index in [4.69, 9.17) is 9.31 Å². The van der Waals surface area contributed by atoms with Gasteiger partial charge in [-0.15, -0.1) is 0 Å². The quantitative estimate of drug-likeness (QED) is 0.370. The highest BCUT2D eigenvalue weighted by Crippen LogP contribution is 2.26. The Balaban J connectivity index is 1.51. The van der Waals surface area contributed by atoms with E-state index in [0.29, 0.717) is 23.6 Å². The molecule has 2 bridgehead atoms. The van der Waals surface area contributed by atoms with Gasteiger partial charge >= 0.3 is 19.1 Å². The maximum absolute atomic E-state index is 13.4. The van der Waals surface area contributed by atoms with Gasteiger partial charge in [0.05, 0.1) is 17.7 Å². The summed E-state index contributed by atoms with van der Waals surface area (Å²) in [5.74, 6) is -2.41. The molecule has 3 heterocycles. The zero-order chi connectivity index (χ0) is 29.7. The van der Waals surface area contributed by atoms with Crippen molar-refractivity contribution in [1.29, 1.82) is 0 Å². The molecule has 11 nitrogen and oxygen atoms in total. The average Bonchev–Trinajstić information content (AvgIpc) is 2.94. The molecule has 2 aliphatic heterocycles. The van der Waals surface area contributed by atoms with Crippen LogP contribution in [0.5, 0.6) is 0 Å². The Morgan fingerprint density at radius 2 is 1.66 bits per heavy atom. The van der Waals surface area contributed by atoms with E-state index in [0.717, 1.165) is 5.56 Å². The van der Waals surface area contributed by atoms with Crippen LogP contribution in [-0.4, -0.2) is 94.6 Å². The van der Waals surface area contributed by atoms with Crippen molar-refractivity contribution in [3.05, 3.63) is 54.2 Å². The van der Waals surface area contributed by atoms with Crippen LogP contribution in [0.2, 0.25) is 0 Å². The van der Waals surface area contributed by atoms with E-state index in [2.05, 4.69) is 15.6 Å². The van der Waals surface area contributed by atoms with Gasteiger partial charge in [-0.1, -0.05) is 50.2 Å². The van der Waals surface area contributed by atoms with E-state index in [1.807, 2.05) is 44.2 Å². The normalized spacial score (nSPS) is 21.6. The summed E-state index contributed by atoms with van der Waals surface area (Å²) >= 11 is 1.48. The number of rotatable bonds is 9. The van der Waals surface area contributed by atoms with Gasteiger partial charge in [0.25, 0.3) is 5.91 Å². The molecule has 5 atom stereocenters. The molecule has 41 heavy (non-hydrogen) atoms. The van der Waals surface area contributed by atoms with Gasteiger partial charge in [-0.25, -0.2) is 4.98 Å². The summed E-state index contributed by atoms with van der Waals surface area (Å²) < 4.78 is 11.2. The second-order valence-corrected chi connectivity index (χ2v) is 11.8. The van der Waals surface area contributed by atoms with Gasteiger partial charge in [-0.05, 0) is 38.4 Å². The van der Waals surface area contributed by atoms with Crippen molar-refractivity contribution < 1.29 is 33.6 Å². The first-order chi connectivity index (χ1) is 19.5. The van der Waals surface area contributed by atoms with Crippen molar-refractivity contribution in [3.8, 4) is 11.3 Å². The van der Waals surface area contributed by atoms with Gasteiger partial charge in [0.2, 0.25) is 5.91 Å². The number of hydrogen-bond donors (Lipinski definition) is 3. The van der Waals surface area contributed by atoms with Gasteiger partial charge in [0.1, 0.15) is 23.8 Å². The molecule has 1 unspecified atom stereocenters. The van der Waals surface area contributed by atoms with Gasteiger partial charge in [-0.2, -0.15) is 11.8 Å². The number of hydrogen-bond acceptors (Lipinski definition) is 10. The molecule has 0 saturated carbocycles. The van der Waals surface area contributed by atoms with Crippen molar-refractivity contribution >= 4 is 42.6 Å². The molecule has 13 heteroatoms. The van der Waals surface area contributed by atoms with E-state index in [1.165, 1.54) is 24.8 Å². The van der Waals surface area contributed by atoms with E-state index in [1.54, 1.807) is 24.1 Å². The predicted octanol–water partition coefficient (Wildman–Crippen LogP) is 1.30. The smallest absolute Gasteiger partial charge is 0.497 e. The van der Waals surface area contributed by atoms with Crippen LogP contribution in [0.3, 0.4) is 0 Å². The fourth-order valence-corrected chi connectivity index (χ4v) is 6.08. The topological polar surface area (TPSA) is 147 Å². The van der Waals surface area contributed by atoms with Gasteiger partial charge in [-0.3, -0.25) is 24.1 Å². The molecule has 0 aliphatic carbocycles. The number of amides is 2. The Hall–Kier alpha value is -3.42. The lowest BCUT2D eigenvalue weighted by atomic mass is 9.73. The van der Waals surface area contributed by atoms with E-state index < -0.39 is 61.0 Å². The number of thioether (sulfide) groups is 1. The Bertz CT molecular complexity index is 1240. The van der Waals surface area contributed by atoms with Crippen molar-refractivity contribution in [2.45, 2.75) is 57.4 Å². The van der Waals surface area contributed by atoms with Crippen LogP contribution in [0.1, 0.15) is 37.7 Å². The number of aliphatic hydroxyl groups is 1. The molecular formula is C28H35BN4O7S. The van der Waals surface area contributed by atoms with E-state index >= 15 is 0 Å². The predicted molar refractivity (Wildman–Crippen MR) is 155 cm³/mol. The summed E-state index contributed by atoms with van der Waals surface area (Å²) in [6.45, 7) is 5.19. The van der Waals surface area contributed by atoms with E-state index in [-0.39, 0.29) is 11.6 Å². The average molecular weight is 582 g/mol. The SMILES string of the molecule is CC(C)C[C@H](NC(=O)C(NC(=O)c1cccc(-c2ccccc2)n1)[C@@H](C)O)B1OC(=O)[C@@H]2CSC[C@@H](C(=O)O1)N2C. The fourth-order valence-electron chi connectivity index (χ4n) is 4.76. The van der Waals surface area contributed by atoms with E-state index in [9.17, 15) is 24.3 Å². The third kappa shape index (κ3) is 7.46. The summed E-state index contributed by atoms with van der Waals surface area (Å²) in [6.07, 6.45) is -0.971. The lowest BCUT2D eigenvalue weighted by molar-refractivity contribution is -0.153. The molecule has 0 spiro atoms. The zero-order valence-corrected chi connectivity index (χ0v) is 24.3. The number of fused-ring (bicyclic) bond motifs is 2. The minimum atomic E-state index is -1.36. The first-order valence-electron chi connectivity index (χ1n) is 13.6. The minimum absolute atomic E-state index is 0.0189. The second kappa shape index (κ2) is 13.5. The molecule has 0 radical (unpaired) electrons. The van der Waals surface area contributed by atoms with Crippen LogP contribution < -0.4 is 10.6 Å². The number of pyridine rings is 1. The standard InChI is InChI=1S/C28H35BN4O7S/c1-16(2)13-23(29-39-27(37)21-14-41-15-22(33(21)4)28(38)40-29)31-26(36)24(17(3)34)32-25(35)20-12-8-11-19(30-20)18-9-6-5-7-10-18/h5-12,16-17,21-24,34H,13-15H2,1-4H3,(H,31,36)(H,32,35)/t17-,21+,22+,23+,24?/m1/s1. The van der Waals surface area contributed by atoms with Crippen molar-refractivity contribution in [2.24, 2.45) is 5.92 Å². The fraction of sp³-hybridized carbons (Fsp3) is 0.464. The highest BCUT2D eigenvalue weighted by Gasteiger charge is 2.48. The third-order valence-corrected chi connectivity index (χ3v) is 8.13. The Morgan fingerprint density at radius 3 is 2.24 bits per heavy atom. The van der Waals surface area contributed by atoms with Crippen LogP contribution >= 0.6 is 11.8 Å². The first kappa shape index (κ1) is 30.5. The number of aliphatic hydroxyl groups excluding tert-OH is 1. The Morgan fingerprint density at radius 1 is 1.02 bits per heavy atom. The van der Waals surface area contributed by atoms with Crippen LogP contribution in [0.15, 0.2) is 48.5 Å². The highest BCUT2D eigenvalue weighted by molar-refractivity contribution is 7.99. The molecule has 2 aromatic rings. The Labute approximate surface area is 243 Å². The molecule has 2 aliphatic rings. The van der Waals surface area contributed by atoms with Gasteiger partial charge in [0, 0.05) is 17.1 Å². The van der Waals surface area contributed by atoms with Crippen LogP contribution in [-0.2, 0) is 23.7 Å².